The van der Waals surface area contributed by atoms with Crippen LogP contribution in [0.15, 0.2) is 54.6 Å². The molecular weight excluding hydrogens is 380 g/mol. The maximum atomic E-state index is 5.68. The molecule has 4 rings (SSSR count). The first-order valence-corrected chi connectivity index (χ1v) is 12.5. The summed E-state index contributed by atoms with van der Waals surface area (Å²) in [6, 6.07) is 20.3. The Labute approximate surface area is 189 Å². The zero-order valence-electron chi connectivity index (χ0n) is 19.3. The van der Waals surface area contributed by atoms with Gasteiger partial charge in [-0.1, -0.05) is 55.5 Å². The van der Waals surface area contributed by atoms with E-state index in [0.29, 0.717) is 5.92 Å². The summed E-state index contributed by atoms with van der Waals surface area (Å²) in [5.41, 5.74) is 4.46. The molecule has 0 bridgehead atoms. The highest BCUT2D eigenvalue weighted by molar-refractivity contribution is 5.58. The van der Waals surface area contributed by atoms with E-state index >= 15 is 0 Å². The average Bonchev–Trinajstić information content (AvgIpc) is 3.01. The summed E-state index contributed by atoms with van der Waals surface area (Å²) in [7, 11) is 0. The summed E-state index contributed by atoms with van der Waals surface area (Å²) in [6.07, 6.45) is 7.64. The minimum atomic E-state index is 0.528. The van der Waals surface area contributed by atoms with E-state index in [-0.39, 0.29) is 0 Å². The van der Waals surface area contributed by atoms with Crippen LogP contribution < -0.4 is 4.90 Å². The van der Waals surface area contributed by atoms with Crippen LogP contribution in [0.5, 0.6) is 0 Å². The van der Waals surface area contributed by atoms with Gasteiger partial charge in [-0.2, -0.15) is 0 Å². The number of hydrogen-bond donors (Lipinski definition) is 0. The molecule has 2 heterocycles. The van der Waals surface area contributed by atoms with Gasteiger partial charge in [0.05, 0.1) is 6.61 Å². The van der Waals surface area contributed by atoms with Crippen molar-refractivity contribution in [1.82, 2.24) is 4.90 Å². The molecule has 0 N–H and O–H groups in total. The lowest BCUT2D eigenvalue weighted by Crippen LogP contribution is -2.37. The summed E-state index contributed by atoms with van der Waals surface area (Å²) >= 11 is 0. The third kappa shape index (κ3) is 6.11. The number of anilines is 1. The highest BCUT2D eigenvalue weighted by Crippen LogP contribution is 2.38. The second-order valence-electron chi connectivity index (χ2n) is 9.34. The fourth-order valence-electron chi connectivity index (χ4n) is 5.37. The standard InChI is InChI=1S/C28H40N2O/c1-2-22-31-23-21-29-18-14-24(15-19-29)16-20-30-17-8-12-26(25-9-4-3-5-10-25)27-11-6-7-13-28(27)30/h3-7,9-11,13,24,26H,2,8,12,14-23H2,1H3. The van der Waals surface area contributed by atoms with Crippen molar-refractivity contribution in [3.63, 3.8) is 0 Å². The van der Waals surface area contributed by atoms with Gasteiger partial charge in [0.1, 0.15) is 0 Å². The monoisotopic (exact) mass is 420 g/mol. The molecule has 1 atom stereocenters. The van der Waals surface area contributed by atoms with Crippen LogP contribution in [0.4, 0.5) is 5.69 Å². The first kappa shape index (κ1) is 22.4. The summed E-state index contributed by atoms with van der Waals surface area (Å²) in [5.74, 6) is 1.40. The molecule has 0 spiro atoms. The molecule has 0 amide bonds. The molecule has 1 saturated heterocycles. The lowest BCUT2D eigenvalue weighted by atomic mass is 9.87. The molecule has 2 aromatic carbocycles. The van der Waals surface area contributed by atoms with Gasteiger partial charge in [-0.05, 0) is 74.7 Å². The largest absolute Gasteiger partial charge is 0.380 e. The quantitative estimate of drug-likeness (QED) is 0.466. The van der Waals surface area contributed by atoms with E-state index in [1.807, 2.05) is 0 Å². The predicted octanol–water partition coefficient (Wildman–Crippen LogP) is 5.95. The highest BCUT2D eigenvalue weighted by Gasteiger charge is 2.25. The minimum absolute atomic E-state index is 0.528. The molecule has 1 unspecified atom stereocenters. The maximum Gasteiger partial charge on any atom is 0.0593 e. The molecule has 0 aromatic heterocycles. The molecule has 3 nitrogen and oxygen atoms in total. The van der Waals surface area contributed by atoms with E-state index < -0.39 is 0 Å². The van der Waals surface area contributed by atoms with Gasteiger partial charge in [0.15, 0.2) is 0 Å². The Hall–Kier alpha value is -1.84. The van der Waals surface area contributed by atoms with Crippen LogP contribution in [0.2, 0.25) is 0 Å². The lowest BCUT2D eigenvalue weighted by Gasteiger charge is -2.33. The molecule has 2 aliphatic rings. The summed E-state index contributed by atoms with van der Waals surface area (Å²) in [6.45, 7) is 9.95. The van der Waals surface area contributed by atoms with Crippen LogP contribution in [0, 0.1) is 5.92 Å². The van der Waals surface area contributed by atoms with Crippen LogP contribution >= 0.6 is 0 Å². The van der Waals surface area contributed by atoms with E-state index in [1.54, 1.807) is 0 Å². The van der Waals surface area contributed by atoms with Gasteiger partial charge in [0.2, 0.25) is 0 Å². The van der Waals surface area contributed by atoms with Crippen molar-refractivity contribution >= 4 is 5.69 Å². The summed E-state index contributed by atoms with van der Waals surface area (Å²) in [4.78, 5) is 5.28. The van der Waals surface area contributed by atoms with Crippen molar-refractivity contribution in [3.05, 3.63) is 65.7 Å². The number of likely N-dealkylation sites (tertiary alicyclic amines) is 1. The van der Waals surface area contributed by atoms with Gasteiger partial charge < -0.3 is 14.5 Å². The normalized spacial score (nSPS) is 20.4. The number of fused-ring (bicyclic) bond motifs is 1. The van der Waals surface area contributed by atoms with Crippen molar-refractivity contribution in [2.75, 3.05) is 50.8 Å². The predicted molar refractivity (Wildman–Crippen MR) is 131 cm³/mol. The van der Waals surface area contributed by atoms with Gasteiger partial charge in [-0.25, -0.2) is 0 Å². The molecule has 2 aliphatic heterocycles. The van der Waals surface area contributed by atoms with Crippen LogP contribution in [0.3, 0.4) is 0 Å². The molecule has 0 aliphatic carbocycles. The Bertz CT molecular complexity index is 770. The highest BCUT2D eigenvalue weighted by atomic mass is 16.5. The average molecular weight is 421 g/mol. The van der Waals surface area contributed by atoms with Crippen molar-refractivity contribution in [1.29, 1.82) is 0 Å². The SMILES string of the molecule is CCCOCCN1CCC(CCN2CCCC(c3ccccc3)c3ccccc32)CC1. The van der Waals surface area contributed by atoms with Crippen molar-refractivity contribution in [2.24, 2.45) is 5.92 Å². The molecule has 0 saturated carbocycles. The Kier molecular flexibility index (Phi) is 8.43. The number of benzene rings is 2. The van der Waals surface area contributed by atoms with Gasteiger partial charge in [0, 0.05) is 37.8 Å². The van der Waals surface area contributed by atoms with E-state index in [0.717, 1.165) is 32.1 Å². The van der Waals surface area contributed by atoms with Crippen molar-refractivity contribution < 1.29 is 4.74 Å². The minimum Gasteiger partial charge on any atom is -0.380 e. The smallest absolute Gasteiger partial charge is 0.0593 e. The Morgan fingerprint density at radius 3 is 2.42 bits per heavy atom. The van der Waals surface area contributed by atoms with Gasteiger partial charge in [0.25, 0.3) is 0 Å². The van der Waals surface area contributed by atoms with Gasteiger partial charge in [-0.15, -0.1) is 0 Å². The van der Waals surface area contributed by atoms with Gasteiger partial charge in [-0.3, -0.25) is 0 Å². The van der Waals surface area contributed by atoms with E-state index in [2.05, 4.69) is 71.3 Å². The zero-order valence-corrected chi connectivity index (χ0v) is 19.3. The Balaban J connectivity index is 1.32. The second-order valence-corrected chi connectivity index (χ2v) is 9.34. The fraction of sp³-hybridized carbons (Fsp3) is 0.571. The molecular formula is C28H40N2O. The zero-order chi connectivity index (χ0) is 21.3. The molecule has 168 valence electrons. The molecule has 0 radical (unpaired) electrons. The molecule has 3 heteroatoms. The number of ether oxygens (including phenoxy) is 1. The number of nitrogens with zero attached hydrogens (tertiary/aromatic N) is 2. The molecule has 1 fully saturated rings. The number of piperidine rings is 1. The third-order valence-corrected chi connectivity index (χ3v) is 7.19. The van der Waals surface area contributed by atoms with Crippen molar-refractivity contribution in [3.8, 4) is 0 Å². The van der Waals surface area contributed by atoms with E-state index in [1.165, 1.54) is 75.1 Å². The first-order chi connectivity index (χ1) is 15.3. The van der Waals surface area contributed by atoms with Gasteiger partial charge >= 0.3 is 0 Å². The maximum absolute atomic E-state index is 5.68. The van der Waals surface area contributed by atoms with Crippen LogP contribution in [-0.2, 0) is 4.74 Å². The fourth-order valence-corrected chi connectivity index (χ4v) is 5.37. The molecule has 2 aromatic rings. The topological polar surface area (TPSA) is 15.7 Å². The van der Waals surface area contributed by atoms with E-state index in [4.69, 9.17) is 4.74 Å². The third-order valence-electron chi connectivity index (χ3n) is 7.19. The van der Waals surface area contributed by atoms with Crippen LogP contribution in [-0.4, -0.2) is 50.8 Å². The Morgan fingerprint density at radius 1 is 0.839 bits per heavy atom. The van der Waals surface area contributed by atoms with Crippen LogP contribution in [0.1, 0.15) is 62.5 Å². The summed E-state index contributed by atoms with van der Waals surface area (Å²) < 4.78 is 5.68. The lowest BCUT2D eigenvalue weighted by molar-refractivity contribution is 0.0880. The van der Waals surface area contributed by atoms with E-state index in [9.17, 15) is 0 Å². The Morgan fingerprint density at radius 2 is 1.61 bits per heavy atom. The number of hydrogen-bond acceptors (Lipinski definition) is 3. The number of rotatable bonds is 9. The summed E-state index contributed by atoms with van der Waals surface area (Å²) in [5, 5.41) is 0. The van der Waals surface area contributed by atoms with Crippen LogP contribution in [0.25, 0.3) is 0 Å². The van der Waals surface area contributed by atoms with Crippen molar-refractivity contribution in [2.45, 2.75) is 51.4 Å². The molecule has 31 heavy (non-hydrogen) atoms. The first-order valence-electron chi connectivity index (χ1n) is 12.5. The second kappa shape index (κ2) is 11.7. The number of para-hydroxylation sites is 1.